The molecule has 2 radical (unpaired) electrons. The molecule has 33 heavy (non-hydrogen) atoms. The Kier molecular flexibility index (Phi) is 7.75. The molecule has 0 fully saturated rings. The highest BCUT2D eigenvalue weighted by Crippen LogP contribution is 2.46. The van der Waals surface area contributed by atoms with E-state index in [0.717, 1.165) is 0 Å². The summed E-state index contributed by atoms with van der Waals surface area (Å²) in [6.07, 6.45) is 2.26. The van der Waals surface area contributed by atoms with E-state index in [2.05, 4.69) is 128 Å². The second kappa shape index (κ2) is 9.88. The van der Waals surface area contributed by atoms with Crippen LogP contribution in [0.2, 0.25) is 13.1 Å². The zero-order valence-electron chi connectivity index (χ0n) is 22.1. The van der Waals surface area contributed by atoms with E-state index in [0.29, 0.717) is 23.7 Å². The van der Waals surface area contributed by atoms with Gasteiger partial charge >= 0.3 is 0 Å². The molecule has 1 aliphatic heterocycles. The fraction of sp³-hybridized carbons (Fsp3) is 0.483. The Morgan fingerprint density at radius 2 is 1.03 bits per heavy atom. The predicted octanol–water partition coefficient (Wildman–Crippen LogP) is 9.33. The largest absolute Gasteiger partial charge is 0.315 e. The second-order valence-corrected chi connectivity index (χ2v) is 17.3. The average Bonchev–Trinajstić information content (AvgIpc) is 3.17. The zero-order chi connectivity index (χ0) is 24.7. The number of rotatable bonds is 7. The van der Waals surface area contributed by atoms with Crippen molar-refractivity contribution in [3.05, 3.63) is 76.8 Å². The third-order valence-corrected chi connectivity index (χ3v) is 8.61. The summed E-state index contributed by atoms with van der Waals surface area (Å²) in [5.41, 5.74) is 7.90. The van der Waals surface area contributed by atoms with E-state index < -0.39 is 7.38 Å². The maximum atomic E-state index is 7.17. The first-order valence-electron chi connectivity index (χ1n) is 12.4. The SMILES string of the molecule is CC(C)c1cccc(C(C)C)c1N1[C]N(c2c(C(C)C)cccc2C(C)C)C([Si](C)(C)Cl)=C1. The molecule has 2 aromatic rings. The van der Waals surface area contributed by atoms with Crippen molar-refractivity contribution in [3.63, 3.8) is 0 Å². The molecule has 0 saturated heterocycles. The van der Waals surface area contributed by atoms with Gasteiger partial charge in [0.1, 0.15) is 0 Å². The van der Waals surface area contributed by atoms with Crippen LogP contribution in [0.3, 0.4) is 0 Å². The van der Waals surface area contributed by atoms with Crippen molar-refractivity contribution in [2.75, 3.05) is 9.80 Å². The quantitative estimate of drug-likeness (QED) is 0.287. The van der Waals surface area contributed by atoms with Crippen molar-refractivity contribution in [1.29, 1.82) is 0 Å². The minimum absolute atomic E-state index is 0.407. The Morgan fingerprint density at radius 3 is 1.36 bits per heavy atom. The van der Waals surface area contributed by atoms with Gasteiger partial charge < -0.3 is 9.80 Å². The van der Waals surface area contributed by atoms with Gasteiger partial charge in [-0.3, -0.25) is 0 Å². The van der Waals surface area contributed by atoms with Gasteiger partial charge in [-0.15, -0.1) is 0 Å². The molecule has 0 bridgehead atoms. The molecular weight excluding hydrogens is 440 g/mol. The Bertz CT molecular complexity index is 962. The molecule has 0 saturated carbocycles. The normalized spacial score (nSPS) is 14.9. The monoisotopic (exact) mass is 480 g/mol. The first-order valence-corrected chi connectivity index (χ1v) is 16.4. The molecule has 0 spiro atoms. The highest BCUT2D eigenvalue weighted by atomic mass is 35.6. The minimum atomic E-state index is -2.19. The van der Waals surface area contributed by atoms with Crippen molar-refractivity contribution in [3.8, 4) is 0 Å². The number of anilines is 2. The highest BCUT2D eigenvalue weighted by molar-refractivity contribution is 7.23. The molecule has 1 heterocycles. The van der Waals surface area contributed by atoms with Crippen LogP contribution in [-0.2, 0) is 0 Å². The Hall–Kier alpha value is -1.71. The van der Waals surface area contributed by atoms with Crippen LogP contribution in [0.1, 0.15) is 101 Å². The van der Waals surface area contributed by atoms with Gasteiger partial charge in [0.05, 0.1) is 5.69 Å². The van der Waals surface area contributed by atoms with Crippen molar-refractivity contribution < 1.29 is 0 Å². The van der Waals surface area contributed by atoms with Crippen LogP contribution in [-0.4, -0.2) is 7.38 Å². The fourth-order valence-corrected chi connectivity index (χ4v) is 6.16. The Labute approximate surface area is 208 Å². The molecule has 0 amide bonds. The summed E-state index contributed by atoms with van der Waals surface area (Å²) >= 11 is 7.17. The lowest BCUT2D eigenvalue weighted by Crippen LogP contribution is -2.34. The first kappa shape index (κ1) is 25.9. The van der Waals surface area contributed by atoms with Gasteiger partial charge in [0.15, 0.2) is 0 Å². The lowest BCUT2D eigenvalue weighted by atomic mass is 9.91. The zero-order valence-corrected chi connectivity index (χ0v) is 23.9. The highest BCUT2D eigenvalue weighted by Gasteiger charge is 2.39. The molecule has 0 unspecified atom stereocenters. The lowest BCUT2D eigenvalue weighted by molar-refractivity contribution is 0.818. The van der Waals surface area contributed by atoms with Crippen LogP contribution >= 0.6 is 11.1 Å². The number of hydrogen-bond acceptors (Lipinski definition) is 2. The first-order chi connectivity index (χ1) is 15.3. The van der Waals surface area contributed by atoms with E-state index in [1.54, 1.807) is 0 Å². The third kappa shape index (κ3) is 5.20. The topological polar surface area (TPSA) is 6.48 Å². The minimum Gasteiger partial charge on any atom is -0.315 e. The average molecular weight is 481 g/mol. The molecule has 1 aliphatic rings. The van der Waals surface area contributed by atoms with Crippen molar-refractivity contribution >= 4 is 29.8 Å². The number of halogens is 1. The van der Waals surface area contributed by atoms with Gasteiger partial charge in [-0.2, -0.15) is 11.1 Å². The molecule has 178 valence electrons. The van der Waals surface area contributed by atoms with Gasteiger partial charge in [0.2, 0.25) is 14.1 Å². The van der Waals surface area contributed by atoms with Crippen LogP contribution in [0.15, 0.2) is 47.9 Å². The van der Waals surface area contributed by atoms with Crippen LogP contribution in [0.25, 0.3) is 0 Å². The van der Waals surface area contributed by atoms with Crippen LogP contribution in [0.5, 0.6) is 0 Å². The molecule has 4 heteroatoms. The Morgan fingerprint density at radius 1 is 0.667 bits per heavy atom. The predicted molar refractivity (Wildman–Crippen MR) is 149 cm³/mol. The summed E-state index contributed by atoms with van der Waals surface area (Å²) in [7, 11) is -2.19. The van der Waals surface area contributed by atoms with Crippen molar-refractivity contribution in [1.82, 2.24) is 0 Å². The third-order valence-electron chi connectivity index (χ3n) is 6.46. The summed E-state index contributed by atoms with van der Waals surface area (Å²) in [5, 5.41) is 1.19. The standard InChI is InChI=1S/C29H41ClN2Si/c1-19(2)23-13-11-14-24(20(3)4)28(23)31-17-27(33(9,10)30)32(18-31)29-25(21(5)6)15-12-16-26(29)22(7)8/h11-17,19-22H,1-10H3. The number of hydrogen-bond donors (Lipinski definition) is 0. The van der Waals surface area contributed by atoms with E-state index in [-0.39, 0.29) is 0 Å². The molecular formula is C29H41ClN2Si. The second-order valence-electron chi connectivity index (χ2n) is 11.0. The van der Waals surface area contributed by atoms with Gasteiger partial charge in [0, 0.05) is 17.2 Å². The summed E-state index contributed by atoms with van der Waals surface area (Å²) in [4.78, 5) is 4.53. The maximum absolute atomic E-state index is 7.17. The molecule has 2 nitrogen and oxygen atoms in total. The van der Waals surface area contributed by atoms with Gasteiger partial charge in [0.25, 0.3) is 0 Å². The molecule has 0 atom stereocenters. The molecule has 2 aromatic carbocycles. The number of para-hydroxylation sites is 2. The summed E-state index contributed by atoms with van der Waals surface area (Å²) < 4.78 is 0. The van der Waals surface area contributed by atoms with Crippen molar-refractivity contribution in [2.45, 2.75) is 92.2 Å². The van der Waals surface area contributed by atoms with Crippen molar-refractivity contribution in [2.24, 2.45) is 0 Å². The molecule has 0 N–H and O–H groups in total. The van der Waals surface area contributed by atoms with Crippen LogP contribution in [0, 0.1) is 6.67 Å². The lowest BCUT2D eigenvalue weighted by Gasteiger charge is -2.33. The number of nitrogens with zero attached hydrogens (tertiary/aromatic N) is 2. The Balaban J connectivity index is 2.25. The van der Waals surface area contributed by atoms with E-state index in [9.17, 15) is 0 Å². The van der Waals surface area contributed by atoms with E-state index in [4.69, 9.17) is 11.1 Å². The van der Waals surface area contributed by atoms with Crippen LogP contribution < -0.4 is 9.80 Å². The van der Waals surface area contributed by atoms with Gasteiger partial charge in [-0.1, -0.05) is 105 Å². The van der Waals surface area contributed by atoms with E-state index in [1.165, 1.54) is 38.9 Å². The smallest absolute Gasteiger partial charge is 0.217 e. The molecule has 0 aliphatic carbocycles. The van der Waals surface area contributed by atoms with Gasteiger partial charge in [-0.25, -0.2) is 0 Å². The van der Waals surface area contributed by atoms with Gasteiger partial charge in [-0.05, 0) is 45.9 Å². The molecule has 0 aromatic heterocycles. The summed E-state index contributed by atoms with van der Waals surface area (Å²) in [6.45, 7) is 26.4. The number of benzene rings is 2. The van der Waals surface area contributed by atoms with E-state index in [1.807, 2.05) is 0 Å². The summed E-state index contributed by atoms with van der Waals surface area (Å²) in [6, 6.07) is 13.4. The summed E-state index contributed by atoms with van der Waals surface area (Å²) in [5.74, 6) is 1.65. The maximum Gasteiger partial charge on any atom is 0.217 e. The van der Waals surface area contributed by atoms with Crippen LogP contribution in [0.4, 0.5) is 11.4 Å². The van der Waals surface area contributed by atoms with E-state index >= 15 is 0 Å². The fourth-order valence-electron chi connectivity index (χ4n) is 4.63. The molecule has 3 rings (SSSR count).